The van der Waals surface area contributed by atoms with Crippen LogP contribution >= 0.6 is 23.4 Å². The predicted octanol–water partition coefficient (Wildman–Crippen LogP) is 5.82. The SMILES string of the molecule is CC(C)c1ccccc1-n1c(SCC(=O)N2CCCCC2)nnc1-c1ccc(Cl)cc1. The van der Waals surface area contributed by atoms with Crippen molar-refractivity contribution in [2.75, 3.05) is 18.8 Å². The van der Waals surface area contributed by atoms with E-state index in [4.69, 9.17) is 11.6 Å². The Morgan fingerprint density at radius 1 is 1.03 bits per heavy atom. The van der Waals surface area contributed by atoms with Crippen molar-refractivity contribution < 1.29 is 4.79 Å². The number of carbonyl (C=O) groups excluding carboxylic acids is 1. The lowest BCUT2D eigenvalue weighted by Crippen LogP contribution is -2.36. The summed E-state index contributed by atoms with van der Waals surface area (Å²) in [5, 5.41) is 10.4. The van der Waals surface area contributed by atoms with Crippen molar-refractivity contribution in [1.82, 2.24) is 19.7 Å². The summed E-state index contributed by atoms with van der Waals surface area (Å²) in [6.45, 7) is 6.08. The average Bonchev–Trinajstić information content (AvgIpc) is 3.22. The first-order valence-corrected chi connectivity index (χ1v) is 12.1. The summed E-state index contributed by atoms with van der Waals surface area (Å²) < 4.78 is 2.08. The van der Waals surface area contributed by atoms with Crippen LogP contribution in [0.5, 0.6) is 0 Å². The minimum Gasteiger partial charge on any atom is -0.342 e. The van der Waals surface area contributed by atoms with E-state index in [1.165, 1.54) is 23.7 Å². The Balaban J connectivity index is 1.70. The first kappa shape index (κ1) is 21.9. The topological polar surface area (TPSA) is 51.0 Å². The molecule has 0 spiro atoms. The molecule has 31 heavy (non-hydrogen) atoms. The molecule has 0 saturated carbocycles. The molecule has 0 bridgehead atoms. The van der Waals surface area contributed by atoms with Crippen molar-refractivity contribution in [2.24, 2.45) is 0 Å². The van der Waals surface area contributed by atoms with E-state index in [1.54, 1.807) is 0 Å². The number of likely N-dealkylation sites (tertiary alicyclic amines) is 1. The van der Waals surface area contributed by atoms with Crippen molar-refractivity contribution in [3.63, 3.8) is 0 Å². The second-order valence-electron chi connectivity index (χ2n) is 8.09. The van der Waals surface area contributed by atoms with Crippen LogP contribution in [0.4, 0.5) is 0 Å². The molecule has 2 aromatic carbocycles. The van der Waals surface area contributed by atoms with Gasteiger partial charge in [0.25, 0.3) is 0 Å². The molecule has 5 nitrogen and oxygen atoms in total. The minimum absolute atomic E-state index is 0.171. The maximum Gasteiger partial charge on any atom is 0.233 e. The minimum atomic E-state index is 0.171. The Morgan fingerprint density at radius 3 is 2.45 bits per heavy atom. The van der Waals surface area contributed by atoms with Crippen LogP contribution < -0.4 is 0 Å². The molecule has 0 atom stereocenters. The number of halogens is 1. The van der Waals surface area contributed by atoms with Gasteiger partial charge in [0.15, 0.2) is 11.0 Å². The van der Waals surface area contributed by atoms with Crippen LogP contribution in [0.25, 0.3) is 17.1 Å². The van der Waals surface area contributed by atoms with Gasteiger partial charge in [-0.3, -0.25) is 9.36 Å². The van der Waals surface area contributed by atoms with Crippen LogP contribution in [0.1, 0.15) is 44.6 Å². The van der Waals surface area contributed by atoms with E-state index in [1.807, 2.05) is 35.2 Å². The number of thioether (sulfide) groups is 1. The second kappa shape index (κ2) is 9.88. The molecule has 7 heteroatoms. The monoisotopic (exact) mass is 454 g/mol. The molecule has 3 aromatic rings. The molecule has 162 valence electrons. The molecule has 1 amide bonds. The highest BCUT2D eigenvalue weighted by molar-refractivity contribution is 7.99. The Hall–Kier alpha value is -2.31. The Bertz CT molecular complexity index is 1040. The number of hydrogen-bond acceptors (Lipinski definition) is 4. The zero-order valence-corrected chi connectivity index (χ0v) is 19.5. The normalized spacial score (nSPS) is 14.3. The quantitative estimate of drug-likeness (QED) is 0.440. The van der Waals surface area contributed by atoms with E-state index in [0.29, 0.717) is 16.7 Å². The van der Waals surface area contributed by atoms with Gasteiger partial charge in [-0.25, -0.2) is 0 Å². The average molecular weight is 455 g/mol. The molecule has 0 aliphatic carbocycles. The van der Waals surface area contributed by atoms with Crippen molar-refractivity contribution in [3.8, 4) is 17.1 Å². The molecular formula is C24H27ClN4OS. The third kappa shape index (κ3) is 4.96. The molecule has 2 heterocycles. The molecule has 0 radical (unpaired) electrons. The summed E-state index contributed by atoms with van der Waals surface area (Å²) >= 11 is 7.55. The summed E-state index contributed by atoms with van der Waals surface area (Å²) in [6, 6.07) is 15.9. The van der Waals surface area contributed by atoms with E-state index in [0.717, 1.165) is 48.2 Å². The largest absolute Gasteiger partial charge is 0.342 e. The van der Waals surface area contributed by atoms with Gasteiger partial charge >= 0.3 is 0 Å². The molecule has 1 fully saturated rings. The van der Waals surface area contributed by atoms with Gasteiger partial charge < -0.3 is 4.90 Å². The number of piperidine rings is 1. The first-order valence-electron chi connectivity index (χ1n) is 10.8. The number of hydrogen-bond donors (Lipinski definition) is 0. The molecule has 0 unspecified atom stereocenters. The van der Waals surface area contributed by atoms with Gasteiger partial charge in [0, 0.05) is 23.7 Å². The van der Waals surface area contributed by atoms with Gasteiger partial charge in [-0.15, -0.1) is 10.2 Å². The van der Waals surface area contributed by atoms with E-state index in [2.05, 4.69) is 46.8 Å². The number of amides is 1. The fourth-order valence-corrected chi connectivity index (χ4v) is 4.88. The van der Waals surface area contributed by atoms with Crippen molar-refractivity contribution in [3.05, 3.63) is 59.1 Å². The number of rotatable bonds is 6. The van der Waals surface area contributed by atoms with Gasteiger partial charge in [0.05, 0.1) is 11.4 Å². The highest BCUT2D eigenvalue weighted by Gasteiger charge is 2.22. The van der Waals surface area contributed by atoms with E-state index < -0.39 is 0 Å². The highest BCUT2D eigenvalue weighted by Crippen LogP contribution is 2.32. The molecule has 1 aliphatic heterocycles. The van der Waals surface area contributed by atoms with Crippen LogP contribution in [0.3, 0.4) is 0 Å². The summed E-state index contributed by atoms with van der Waals surface area (Å²) in [6.07, 6.45) is 3.39. The maximum atomic E-state index is 12.7. The smallest absolute Gasteiger partial charge is 0.233 e. The summed E-state index contributed by atoms with van der Waals surface area (Å²) in [5.41, 5.74) is 3.19. The van der Waals surface area contributed by atoms with Gasteiger partial charge in [0.2, 0.25) is 5.91 Å². The fraction of sp³-hybridized carbons (Fsp3) is 0.375. The molecule has 4 rings (SSSR count). The van der Waals surface area contributed by atoms with Crippen molar-refractivity contribution in [1.29, 1.82) is 0 Å². The van der Waals surface area contributed by atoms with Gasteiger partial charge in [0.1, 0.15) is 0 Å². The lowest BCUT2D eigenvalue weighted by Gasteiger charge is -2.26. The number of benzene rings is 2. The highest BCUT2D eigenvalue weighted by atomic mass is 35.5. The van der Waals surface area contributed by atoms with E-state index in [-0.39, 0.29) is 5.91 Å². The second-order valence-corrected chi connectivity index (χ2v) is 9.47. The number of para-hydroxylation sites is 1. The third-order valence-electron chi connectivity index (χ3n) is 5.57. The van der Waals surface area contributed by atoms with Crippen LogP contribution in [0.15, 0.2) is 53.7 Å². The van der Waals surface area contributed by atoms with Gasteiger partial charge in [-0.05, 0) is 61.1 Å². The maximum absolute atomic E-state index is 12.7. The lowest BCUT2D eigenvalue weighted by atomic mass is 10.0. The van der Waals surface area contributed by atoms with Crippen molar-refractivity contribution >= 4 is 29.3 Å². The summed E-state index contributed by atoms with van der Waals surface area (Å²) in [4.78, 5) is 14.7. The zero-order valence-electron chi connectivity index (χ0n) is 17.9. The van der Waals surface area contributed by atoms with Crippen LogP contribution in [0.2, 0.25) is 5.02 Å². The number of carbonyl (C=O) groups is 1. The fourth-order valence-electron chi connectivity index (χ4n) is 3.91. The molecular weight excluding hydrogens is 428 g/mol. The Labute approximate surface area is 192 Å². The van der Waals surface area contributed by atoms with Crippen molar-refractivity contribution in [2.45, 2.75) is 44.2 Å². The Morgan fingerprint density at radius 2 is 1.74 bits per heavy atom. The molecule has 1 aliphatic rings. The van der Waals surface area contributed by atoms with E-state index >= 15 is 0 Å². The zero-order chi connectivity index (χ0) is 21.8. The lowest BCUT2D eigenvalue weighted by molar-refractivity contribution is -0.129. The van der Waals surface area contributed by atoms with Crippen LogP contribution in [-0.4, -0.2) is 44.4 Å². The molecule has 0 N–H and O–H groups in total. The molecule has 1 saturated heterocycles. The third-order valence-corrected chi connectivity index (χ3v) is 6.73. The number of nitrogens with zero attached hydrogens (tertiary/aromatic N) is 4. The predicted molar refractivity (Wildman–Crippen MR) is 127 cm³/mol. The molecule has 1 aromatic heterocycles. The van der Waals surface area contributed by atoms with Crippen LogP contribution in [-0.2, 0) is 4.79 Å². The van der Waals surface area contributed by atoms with Gasteiger partial charge in [-0.1, -0.05) is 55.4 Å². The summed E-state index contributed by atoms with van der Waals surface area (Å²) in [5.74, 6) is 1.62. The standard InChI is InChI=1S/C24H27ClN4OS/c1-17(2)20-8-4-5-9-21(20)29-23(18-10-12-19(25)13-11-18)26-27-24(29)31-16-22(30)28-14-6-3-7-15-28/h4-5,8-13,17H,3,6-7,14-16H2,1-2H3. The van der Waals surface area contributed by atoms with E-state index in [9.17, 15) is 4.79 Å². The Kier molecular flexibility index (Phi) is 6.98. The van der Waals surface area contributed by atoms with Crippen LogP contribution in [0, 0.1) is 0 Å². The number of aromatic nitrogens is 3. The van der Waals surface area contributed by atoms with Gasteiger partial charge in [-0.2, -0.15) is 0 Å². The summed E-state index contributed by atoms with van der Waals surface area (Å²) in [7, 11) is 0. The first-order chi connectivity index (χ1) is 15.0.